The van der Waals surface area contributed by atoms with E-state index in [1.165, 1.54) is 11.1 Å². The molecule has 2 aromatic carbocycles. The van der Waals surface area contributed by atoms with Crippen molar-refractivity contribution in [2.24, 2.45) is 0 Å². The van der Waals surface area contributed by atoms with Crippen LogP contribution in [0.5, 0.6) is 0 Å². The molecule has 0 spiro atoms. The molecule has 0 aromatic heterocycles. The summed E-state index contributed by atoms with van der Waals surface area (Å²) in [5.41, 5.74) is 5.99. The first-order chi connectivity index (χ1) is 10.4. The minimum atomic E-state index is -0.542. The van der Waals surface area contributed by atoms with Crippen molar-refractivity contribution in [1.29, 1.82) is 0 Å². The van der Waals surface area contributed by atoms with Gasteiger partial charge in [0.1, 0.15) is 0 Å². The largest absolute Gasteiger partial charge is 1.00 e. The smallest absolute Gasteiger partial charge is 0.106 e. The molecular formula is C20H20Zr. The van der Waals surface area contributed by atoms with Crippen molar-refractivity contribution in [3.05, 3.63) is 96.1 Å². The van der Waals surface area contributed by atoms with Crippen molar-refractivity contribution < 1.29 is 26.1 Å². The molecule has 0 amide bonds. The Labute approximate surface area is 141 Å². The van der Waals surface area contributed by atoms with E-state index in [-0.39, 0.29) is 2.85 Å². The summed E-state index contributed by atoms with van der Waals surface area (Å²) >= 11 is -0.542. The number of fused-ring (bicyclic) bond motifs is 2. The van der Waals surface area contributed by atoms with Gasteiger partial charge in [0.15, 0.2) is 0 Å². The zero-order valence-electron chi connectivity index (χ0n) is 14.0. The van der Waals surface area contributed by atoms with Gasteiger partial charge < -0.3 is 2.85 Å². The predicted octanol–water partition coefficient (Wildman–Crippen LogP) is 5.63. The van der Waals surface area contributed by atoms with E-state index < -0.39 is 23.2 Å². The average Bonchev–Trinajstić information content (AvgIpc) is 3.15. The molecule has 104 valence electrons. The minimum absolute atomic E-state index is 0. The summed E-state index contributed by atoms with van der Waals surface area (Å²) in [6.07, 6.45) is 9.49. The Kier molecular flexibility index (Phi) is 4.51. The van der Waals surface area contributed by atoms with Crippen LogP contribution in [0.15, 0.2) is 73.8 Å². The van der Waals surface area contributed by atoms with Crippen molar-refractivity contribution in [3.8, 4) is 0 Å². The molecule has 2 aliphatic carbocycles. The van der Waals surface area contributed by atoms with Gasteiger partial charge in [0.2, 0.25) is 0 Å². The van der Waals surface area contributed by atoms with E-state index in [1.54, 1.807) is 11.1 Å². The van der Waals surface area contributed by atoms with E-state index in [2.05, 4.69) is 86.0 Å². The Balaban J connectivity index is 0.000000638. The minimum Gasteiger partial charge on any atom is -1.00 e. The van der Waals surface area contributed by atoms with Crippen molar-refractivity contribution >= 4 is 12.2 Å². The van der Waals surface area contributed by atoms with E-state index >= 15 is 0 Å². The second kappa shape index (κ2) is 6.54. The molecule has 0 aliphatic heterocycles. The van der Waals surface area contributed by atoms with Crippen LogP contribution in [0.1, 0.15) is 32.4 Å². The molecule has 0 saturated carbocycles. The van der Waals surface area contributed by atoms with E-state index in [4.69, 9.17) is 0 Å². The van der Waals surface area contributed by atoms with Crippen molar-refractivity contribution in [2.75, 3.05) is 0 Å². The third kappa shape index (κ3) is 2.80. The van der Waals surface area contributed by atoms with E-state index in [9.17, 15) is 0 Å². The monoisotopic (exact) mass is 350 g/mol. The summed E-state index contributed by atoms with van der Waals surface area (Å²) in [5.74, 6) is 0. The van der Waals surface area contributed by atoms with Crippen molar-refractivity contribution in [1.82, 2.24) is 0 Å². The predicted molar refractivity (Wildman–Crippen MR) is 89.9 cm³/mol. The van der Waals surface area contributed by atoms with Gasteiger partial charge in [-0.25, -0.2) is 0 Å². The number of hydrogen-bond donors (Lipinski definition) is 0. The van der Waals surface area contributed by atoms with E-state index in [0.717, 1.165) is 7.25 Å². The van der Waals surface area contributed by atoms with Gasteiger partial charge in [0, 0.05) is 0 Å². The van der Waals surface area contributed by atoms with Crippen LogP contribution in [-0.2, 0) is 23.2 Å². The Morgan fingerprint density at radius 2 is 1.14 bits per heavy atom. The summed E-state index contributed by atoms with van der Waals surface area (Å²) in [7, 11) is 0. The van der Waals surface area contributed by atoms with Crippen LogP contribution in [0.3, 0.4) is 0 Å². The molecule has 4 rings (SSSR count). The molecule has 0 fully saturated rings. The first-order valence-electron chi connectivity index (χ1n) is 7.22. The molecule has 2 unspecified atom stereocenters. The second-order valence-corrected chi connectivity index (χ2v) is 8.98. The van der Waals surface area contributed by atoms with Gasteiger partial charge in [-0.1, -0.05) is 0 Å². The summed E-state index contributed by atoms with van der Waals surface area (Å²) in [6.45, 7) is 6.00. The van der Waals surface area contributed by atoms with Gasteiger partial charge in [0.05, 0.1) is 0 Å². The van der Waals surface area contributed by atoms with Crippen molar-refractivity contribution in [3.63, 3.8) is 0 Å². The van der Waals surface area contributed by atoms with Crippen LogP contribution < -0.4 is 0 Å². The topological polar surface area (TPSA) is 0 Å². The van der Waals surface area contributed by atoms with E-state index in [1.807, 2.05) is 0 Å². The van der Waals surface area contributed by atoms with Gasteiger partial charge in [-0.15, -0.1) is 13.2 Å². The summed E-state index contributed by atoms with van der Waals surface area (Å²) in [5, 5.41) is 0. The SMILES string of the molecule is C1=C[CH]([Zr+2][CH]2C=Cc3ccccc32)c2ccccc21.C=C.[H-].[H-]. The fourth-order valence-electron chi connectivity index (χ4n) is 2.98. The quantitative estimate of drug-likeness (QED) is 0.615. The Morgan fingerprint density at radius 1 is 0.714 bits per heavy atom. The van der Waals surface area contributed by atoms with Crippen LogP contribution in [0.25, 0.3) is 12.2 Å². The molecule has 21 heavy (non-hydrogen) atoms. The first kappa shape index (κ1) is 14.5. The summed E-state index contributed by atoms with van der Waals surface area (Å²) in [6, 6.07) is 17.7. The average molecular weight is 352 g/mol. The van der Waals surface area contributed by atoms with Gasteiger partial charge in [-0.2, -0.15) is 0 Å². The van der Waals surface area contributed by atoms with Crippen LogP contribution >= 0.6 is 0 Å². The van der Waals surface area contributed by atoms with Gasteiger partial charge in [0.25, 0.3) is 0 Å². The van der Waals surface area contributed by atoms with Gasteiger partial charge >= 0.3 is 126 Å². The van der Waals surface area contributed by atoms with Crippen molar-refractivity contribution in [2.45, 2.75) is 7.25 Å². The Hall–Kier alpha value is -1.46. The maximum absolute atomic E-state index is 3.00. The fraction of sp³-hybridized carbons (Fsp3) is 0.100. The molecule has 0 bridgehead atoms. The number of benzene rings is 2. The first-order valence-corrected chi connectivity index (χ1v) is 10.1. The normalized spacial score (nSPS) is 20.2. The molecule has 2 aliphatic rings. The Bertz CT molecular complexity index is 647. The molecule has 2 aromatic rings. The third-order valence-corrected chi connectivity index (χ3v) is 8.20. The van der Waals surface area contributed by atoms with Crippen LogP contribution in [-0.4, -0.2) is 0 Å². The fourth-order valence-corrected chi connectivity index (χ4v) is 7.13. The molecule has 0 N–H and O–H groups in total. The number of hydrogen-bond acceptors (Lipinski definition) is 0. The molecule has 0 radical (unpaired) electrons. The molecule has 0 heterocycles. The van der Waals surface area contributed by atoms with Crippen LogP contribution in [0.4, 0.5) is 0 Å². The summed E-state index contributed by atoms with van der Waals surface area (Å²) in [4.78, 5) is 0. The molecule has 1 heteroatoms. The van der Waals surface area contributed by atoms with Gasteiger partial charge in [-0.3, -0.25) is 0 Å². The van der Waals surface area contributed by atoms with E-state index in [0.29, 0.717) is 0 Å². The molecule has 0 saturated heterocycles. The standard InChI is InChI=1S/2C9H7.C2H4.Zr.2H/c2*1-2-5-9-7-3-6-8(9)4-1;1-2;;;/h2*1-7H;1-2H2;;;/q;;;+2;2*-1. The third-order valence-electron chi connectivity index (χ3n) is 3.96. The zero-order chi connectivity index (χ0) is 14.7. The number of allylic oxidation sites excluding steroid dienone is 2. The maximum Gasteiger partial charge on any atom is -0.106 e. The van der Waals surface area contributed by atoms with Crippen LogP contribution in [0.2, 0.25) is 0 Å². The van der Waals surface area contributed by atoms with Gasteiger partial charge in [-0.05, 0) is 0 Å². The Morgan fingerprint density at radius 3 is 1.62 bits per heavy atom. The van der Waals surface area contributed by atoms with Crippen LogP contribution in [0, 0.1) is 0 Å². The second-order valence-electron chi connectivity index (χ2n) is 5.10. The zero-order valence-corrected chi connectivity index (χ0v) is 14.5. The molecule has 0 nitrogen and oxygen atoms in total. The summed E-state index contributed by atoms with van der Waals surface area (Å²) < 4.78 is 1.47. The maximum atomic E-state index is 3.00. The molecular weight excluding hydrogens is 331 g/mol. The number of rotatable bonds is 2. The molecule has 2 atom stereocenters.